The molecule has 1 aromatic carbocycles. The largest absolute Gasteiger partial charge is 0.495 e. The van der Waals surface area contributed by atoms with E-state index in [0.717, 1.165) is 5.69 Å². The van der Waals surface area contributed by atoms with Crippen molar-refractivity contribution in [1.82, 2.24) is 14.8 Å². The maximum Gasteiger partial charge on any atom is 0.151 e. The lowest BCUT2D eigenvalue weighted by Gasteiger charge is -2.08. The van der Waals surface area contributed by atoms with Crippen molar-refractivity contribution in [2.75, 3.05) is 7.11 Å². The summed E-state index contributed by atoms with van der Waals surface area (Å²) in [7, 11) is 1.57. The van der Waals surface area contributed by atoms with Crippen LogP contribution < -0.4 is 10.5 Å². The second-order valence-corrected chi connectivity index (χ2v) is 3.55. The van der Waals surface area contributed by atoms with Gasteiger partial charge >= 0.3 is 0 Å². The molecule has 0 fully saturated rings. The van der Waals surface area contributed by atoms with Crippen molar-refractivity contribution in [3.8, 4) is 11.4 Å². The number of aromatic nitrogens is 3. The summed E-state index contributed by atoms with van der Waals surface area (Å²) in [5.41, 5.74) is 6.40. The first-order valence-corrected chi connectivity index (χ1v) is 5.07. The van der Waals surface area contributed by atoms with E-state index in [1.165, 1.54) is 0 Å². The van der Waals surface area contributed by atoms with Crippen LogP contribution in [0.2, 0.25) is 5.02 Å². The van der Waals surface area contributed by atoms with Gasteiger partial charge in [0.25, 0.3) is 0 Å². The van der Waals surface area contributed by atoms with Gasteiger partial charge in [-0.25, -0.2) is 0 Å². The summed E-state index contributed by atoms with van der Waals surface area (Å²) in [4.78, 5) is 0. The van der Waals surface area contributed by atoms with Gasteiger partial charge in [-0.1, -0.05) is 11.6 Å². The van der Waals surface area contributed by atoms with Crippen LogP contribution in [-0.4, -0.2) is 21.9 Å². The summed E-state index contributed by atoms with van der Waals surface area (Å²) in [6.45, 7) is 0.323. The fourth-order valence-electron chi connectivity index (χ4n) is 1.42. The molecule has 0 bridgehead atoms. The average molecular weight is 239 g/mol. The van der Waals surface area contributed by atoms with Gasteiger partial charge < -0.3 is 10.5 Å². The van der Waals surface area contributed by atoms with Crippen LogP contribution in [0.25, 0.3) is 5.69 Å². The van der Waals surface area contributed by atoms with E-state index in [9.17, 15) is 0 Å². The highest BCUT2D eigenvalue weighted by atomic mass is 35.5. The van der Waals surface area contributed by atoms with Crippen molar-refractivity contribution in [2.24, 2.45) is 5.73 Å². The topological polar surface area (TPSA) is 66.0 Å². The highest BCUT2D eigenvalue weighted by Gasteiger charge is 2.07. The molecule has 0 aliphatic rings. The van der Waals surface area contributed by atoms with Gasteiger partial charge in [0.05, 0.1) is 24.4 Å². The smallest absolute Gasteiger partial charge is 0.151 e. The molecule has 0 saturated heterocycles. The SMILES string of the molecule is COc1ccc(-n2cnnc2CN)cc1Cl. The number of rotatable bonds is 3. The second kappa shape index (κ2) is 4.51. The molecule has 0 unspecified atom stereocenters. The summed E-state index contributed by atoms with van der Waals surface area (Å²) >= 11 is 6.03. The molecule has 5 nitrogen and oxygen atoms in total. The number of nitrogens with zero attached hydrogens (tertiary/aromatic N) is 3. The van der Waals surface area contributed by atoms with Gasteiger partial charge in [-0.3, -0.25) is 4.57 Å². The monoisotopic (exact) mass is 238 g/mol. The first-order valence-electron chi connectivity index (χ1n) is 4.69. The van der Waals surface area contributed by atoms with Gasteiger partial charge in [-0.05, 0) is 18.2 Å². The molecule has 2 aromatic rings. The van der Waals surface area contributed by atoms with Gasteiger partial charge in [0.2, 0.25) is 0 Å². The van der Waals surface area contributed by atoms with Crippen molar-refractivity contribution in [3.05, 3.63) is 35.4 Å². The van der Waals surface area contributed by atoms with Crippen LogP contribution in [0.5, 0.6) is 5.75 Å². The Balaban J connectivity index is 2.45. The Morgan fingerprint density at radius 2 is 2.31 bits per heavy atom. The Morgan fingerprint density at radius 1 is 1.50 bits per heavy atom. The fraction of sp³-hybridized carbons (Fsp3) is 0.200. The number of methoxy groups -OCH3 is 1. The number of hydrogen-bond donors (Lipinski definition) is 1. The van der Waals surface area contributed by atoms with Gasteiger partial charge in [0.15, 0.2) is 5.82 Å². The van der Waals surface area contributed by atoms with Crippen molar-refractivity contribution < 1.29 is 4.74 Å². The molecule has 2 N–H and O–H groups in total. The molecule has 1 aromatic heterocycles. The Labute approximate surface area is 97.8 Å². The predicted octanol–water partition coefficient (Wildman–Crippen LogP) is 1.39. The lowest BCUT2D eigenvalue weighted by molar-refractivity contribution is 0.415. The average Bonchev–Trinajstić information content (AvgIpc) is 2.77. The van der Waals surface area contributed by atoms with E-state index in [0.29, 0.717) is 23.1 Å². The molecule has 0 amide bonds. The van der Waals surface area contributed by atoms with E-state index in [1.54, 1.807) is 30.1 Å². The Kier molecular flexibility index (Phi) is 3.07. The molecule has 0 atom stereocenters. The maximum absolute atomic E-state index is 6.03. The number of ether oxygens (including phenoxy) is 1. The number of halogens is 1. The van der Waals surface area contributed by atoms with Crippen LogP contribution in [0.15, 0.2) is 24.5 Å². The van der Waals surface area contributed by atoms with E-state index in [4.69, 9.17) is 22.1 Å². The Bertz CT molecular complexity index is 497. The number of benzene rings is 1. The molecule has 0 saturated carbocycles. The molecule has 2 rings (SSSR count). The normalized spacial score (nSPS) is 10.4. The molecular weight excluding hydrogens is 228 g/mol. The van der Waals surface area contributed by atoms with Gasteiger partial charge in [0, 0.05) is 0 Å². The second-order valence-electron chi connectivity index (χ2n) is 3.14. The minimum absolute atomic E-state index is 0.323. The van der Waals surface area contributed by atoms with Gasteiger partial charge in [-0.15, -0.1) is 10.2 Å². The van der Waals surface area contributed by atoms with Crippen molar-refractivity contribution in [3.63, 3.8) is 0 Å². The minimum atomic E-state index is 0.323. The van der Waals surface area contributed by atoms with Crippen LogP contribution in [0.1, 0.15) is 5.82 Å². The zero-order chi connectivity index (χ0) is 11.5. The van der Waals surface area contributed by atoms with Crippen molar-refractivity contribution in [1.29, 1.82) is 0 Å². The van der Waals surface area contributed by atoms with Crippen molar-refractivity contribution >= 4 is 11.6 Å². The van der Waals surface area contributed by atoms with Crippen LogP contribution in [-0.2, 0) is 6.54 Å². The van der Waals surface area contributed by atoms with E-state index in [2.05, 4.69) is 10.2 Å². The van der Waals surface area contributed by atoms with Crippen LogP contribution in [0.4, 0.5) is 0 Å². The van der Waals surface area contributed by atoms with E-state index < -0.39 is 0 Å². The molecule has 6 heteroatoms. The lowest BCUT2D eigenvalue weighted by Crippen LogP contribution is -2.06. The molecule has 16 heavy (non-hydrogen) atoms. The zero-order valence-electron chi connectivity index (χ0n) is 8.72. The van der Waals surface area contributed by atoms with Crippen LogP contribution in [0, 0.1) is 0 Å². The van der Waals surface area contributed by atoms with Crippen molar-refractivity contribution in [2.45, 2.75) is 6.54 Å². The predicted molar refractivity (Wildman–Crippen MR) is 60.8 cm³/mol. The minimum Gasteiger partial charge on any atom is -0.495 e. The molecule has 0 radical (unpaired) electrons. The standard InChI is InChI=1S/C10H11ClN4O/c1-16-9-3-2-7(4-8(9)11)15-6-13-14-10(15)5-12/h2-4,6H,5,12H2,1H3. The van der Waals surface area contributed by atoms with Crippen LogP contribution >= 0.6 is 11.6 Å². The van der Waals surface area contributed by atoms with Crippen LogP contribution in [0.3, 0.4) is 0 Å². The summed E-state index contributed by atoms with van der Waals surface area (Å²) in [6.07, 6.45) is 1.60. The molecule has 0 aliphatic carbocycles. The first-order chi connectivity index (χ1) is 7.76. The number of nitrogens with two attached hydrogens (primary N) is 1. The molecular formula is C10H11ClN4O. The molecule has 0 spiro atoms. The summed E-state index contributed by atoms with van der Waals surface area (Å²) < 4.78 is 6.86. The molecule has 84 valence electrons. The maximum atomic E-state index is 6.03. The van der Waals surface area contributed by atoms with Gasteiger partial charge in [-0.2, -0.15) is 0 Å². The summed E-state index contributed by atoms with van der Waals surface area (Å²) in [5, 5.41) is 8.24. The quantitative estimate of drug-likeness (QED) is 0.878. The highest BCUT2D eigenvalue weighted by Crippen LogP contribution is 2.26. The third kappa shape index (κ3) is 1.87. The first kappa shape index (κ1) is 10.9. The third-order valence-electron chi connectivity index (χ3n) is 2.21. The van der Waals surface area contributed by atoms with E-state index in [-0.39, 0.29) is 0 Å². The third-order valence-corrected chi connectivity index (χ3v) is 2.51. The zero-order valence-corrected chi connectivity index (χ0v) is 9.48. The molecule has 0 aliphatic heterocycles. The summed E-state index contributed by atoms with van der Waals surface area (Å²) in [6, 6.07) is 5.44. The lowest BCUT2D eigenvalue weighted by atomic mass is 10.3. The van der Waals surface area contributed by atoms with E-state index in [1.807, 2.05) is 6.07 Å². The Hall–Kier alpha value is -1.59. The molecule has 1 heterocycles. The Morgan fingerprint density at radius 3 is 2.94 bits per heavy atom. The van der Waals surface area contributed by atoms with E-state index >= 15 is 0 Å². The fourth-order valence-corrected chi connectivity index (χ4v) is 1.67. The highest BCUT2D eigenvalue weighted by molar-refractivity contribution is 6.32. The van der Waals surface area contributed by atoms with Gasteiger partial charge in [0.1, 0.15) is 12.1 Å². The summed E-state index contributed by atoms with van der Waals surface area (Å²) in [5.74, 6) is 1.31. The number of hydrogen-bond acceptors (Lipinski definition) is 4.